The Hall–Kier alpha value is -3.72. The maximum atomic E-state index is 12.6. The van der Waals surface area contributed by atoms with Crippen molar-refractivity contribution in [3.8, 4) is 17.2 Å². The molecule has 3 aromatic carbocycles. The summed E-state index contributed by atoms with van der Waals surface area (Å²) < 4.78 is 43.2. The molecule has 0 bridgehead atoms. The Morgan fingerprint density at radius 1 is 1.03 bits per heavy atom. The topological polar surface area (TPSA) is 94.2 Å². The van der Waals surface area contributed by atoms with Crippen molar-refractivity contribution < 1.29 is 27.4 Å². The molecule has 0 saturated carbocycles. The predicted molar refractivity (Wildman–Crippen MR) is 134 cm³/mol. The van der Waals surface area contributed by atoms with Gasteiger partial charge in [0.05, 0.1) is 31.6 Å². The molecule has 8 nitrogen and oxygen atoms in total. The number of rotatable bonds is 9. The van der Waals surface area contributed by atoms with Gasteiger partial charge in [-0.2, -0.15) is 0 Å². The lowest BCUT2D eigenvalue weighted by atomic mass is 10.1. The highest BCUT2D eigenvalue weighted by Crippen LogP contribution is 2.30. The second-order valence-corrected chi connectivity index (χ2v) is 10.0. The molecule has 4 rings (SSSR count). The summed E-state index contributed by atoms with van der Waals surface area (Å²) >= 11 is 0. The third-order valence-electron chi connectivity index (χ3n) is 5.44. The molecule has 1 amide bonds. The average Bonchev–Trinajstić information content (AvgIpc) is 2.86. The van der Waals surface area contributed by atoms with Crippen LogP contribution in [0.1, 0.15) is 22.8 Å². The van der Waals surface area contributed by atoms with Crippen LogP contribution in [-0.2, 0) is 16.6 Å². The number of fused-ring (bicyclic) bond motifs is 1. The lowest BCUT2D eigenvalue weighted by Crippen LogP contribution is -2.40. The number of para-hydroxylation sites is 2. The first kappa shape index (κ1) is 24.4. The molecule has 1 heterocycles. The summed E-state index contributed by atoms with van der Waals surface area (Å²) in [5.74, 6) is 1.78. The fourth-order valence-electron chi connectivity index (χ4n) is 3.67. The molecule has 0 unspecified atom stereocenters. The van der Waals surface area contributed by atoms with Gasteiger partial charge in [-0.15, -0.1) is 0 Å². The van der Waals surface area contributed by atoms with E-state index in [1.807, 2.05) is 31.2 Å². The van der Waals surface area contributed by atoms with Gasteiger partial charge in [0.25, 0.3) is 5.91 Å². The van der Waals surface area contributed by atoms with Gasteiger partial charge in [-0.1, -0.05) is 24.3 Å². The van der Waals surface area contributed by atoms with Crippen molar-refractivity contribution in [3.05, 3.63) is 83.9 Å². The van der Waals surface area contributed by atoms with Crippen molar-refractivity contribution in [2.24, 2.45) is 0 Å². The van der Waals surface area contributed by atoms with Crippen LogP contribution in [0, 0.1) is 0 Å². The first-order valence-corrected chi connectivity index (χ1v) is 13.1. The van der Waals surface area contributed by atoms with Gasteiger partial charge >= 0.3 is 0 Å². The summed E-state index contributed by atoms with van der Waals surface area (Å²) in [5.41, 5.74) is 1.76. The van der Waals surface area contributed by atoms with E-state index in [2.05, 4.69) is 5.32 Å². The number of carbonyl (C=O) groups is 1. The highest BCUT2D eigenvalue weighted by molar-refractivity contribution is 7.92. The number of nitrogens with one attached hydrogen (secondary N) is 1. The van der Waals surface area contributed by atoms with Gasteiger partial charge in [0.2, 0.25) is 10.0 Å². The van der Waals surface area contributed by atoms with E-state index >= 15 is 0 Å². The van der Waals surface area contributed by atoms with E-state index in [0.29, 0.717) is 48.3 Å². The molecule has 0 spiro atoms. The summed E-state index contributed by atoms with van der Waals surface area (Å²) in [6.07, 6.45) is 0.881. The zero-order chi connectivity index (χ0) is 24.8. The average molecular weight is 497 g/mol. The molecule has 0 saturated heterocycles. The van der Waals surface area contributed by atoms with Crippen LogP contribution >= 0.6 is 0 Å². The maximum Gasteiger partial charge on any atom is 0.251 e. The van der Waals surface area contributed by atoms with E-state index < -0.39 is 10.0 Å². The number of hydrogen-bond donors (Lipinski definition) is 1. The Morgan fingerprint density at radius 3 is 2.37 bits per heavy atom. The van der Waals surface area contributed by atoms with Gasteiger partial charge in [0, 0.05) is 5.56 Å². The molecule has 0 aromatic heterocycles. The minimum Gasteiger partial charge on any atom is -0.494 e. The fourth-order valence-corrected chi connectivity index (χ4v) is 4.56. The molecular weight excluding hydrogens is 468 g/mol. The Kier molecular flexibility index (Phi) is 7.45. The summed E-state index contributed by atoms with van der Waals surface area (Å²) in [4.78, 5) is 12.6. The normalized spacial score (nSPS) is 14.7. The quantitative estimate of drug-likeness (QED) is 0.486. The number of ether oxygens (including phenoxy) is 3. The molecular formula is C26H28N2O6S. The first-order chi connectivity index (χ1) is 16.8. The van der Waals surface area contributed by atoms with Gasteiger partial charge in [-0.05, 0) is 61.0 Å². The Labute approximate surface area is 205 Å². The fraction of sp³-hybridized carbons (Fsp3) is 0.269. The molecule has 184 valence electrons. The third-order valence-corrected chi connectivity index (χ3v) is 6.58. The van der Waals surface area contributed by atoms with E-state index in [0.717, 1.165) is 5.56 Å². The number of nitrogens with zero attached hydrogens (tertiary/aromatic N) is 1. The lowest BCUT2D eigenvalue weighted by Gasteiger charge is -2.26. The van der Waals surface area contributed by atoms with Crippen LogP contribution in [0.3, 0.4) is 0 Å². The minimum atomic E-state index is -3.52. The molecule has 1 aliphatic rings. The smallest absolute Gasteiger partial charge is 0.251 e. The molecule has 1 atom stereocenters. The summed E-state index contributed by atoms with van der Waals surface area (Å²) in [7, 11) is -3.52. The third kappa shape index (κ3) is 6.24. The second-order valence-electron chi connectivity index (χ2n) is 8.10. The molecule has 35 heavy (non-hydrogen) atoms. The van der Waals surface area contributed by atoms with Gasteiger partial charge in [0.1, 0.15) is 18.5 Å². The number of carbonyl (C=O) groups excluding carboxylic acids is 1. The SMILES string of the molecule is CCOc1ccc(N(Cc2ccc(C(=O)NC[C@@H]3COc4ccccc4O3)cc2)S(C)(=O)=O)cc1. The van der Waals surface area contributed by atoms with Crippen molar-refractivity contribution in [1.82, 2.24) is 5.32 Å². The molecule has 9 heteroatoms. The Balaban J connectivity index is 1.37. The molecule has 3 aromatic rings. The van der Waals surface area contributed by atoms with Gasteiger partial charge in [0.15, 0.2) is 11.5 Å². The second kappa shape index (κ2) is 10.7. The summed E-state index contributed by atoms with van der Waals surface area (Å²) in [6, 6.07) is 21.2. The van der Waals surface area contributed by atoms with Crippen LogP contribution in [0.2, 0.25) is 0 Å². The van der Waals surface area contributed by atoms with E-state index in [4.69, 9.17) is 14.2 Å². The van der Waals surface area contributed by atoms with E-state index in [1.165, 1.54) is 10.6 Å². The summed E-state index contributed by atoms with van der Waals surface area (Å²) in [6.45, 7) is 3.21. The molecule has 1 N–H and O–H groups in total. The van der Waals surface area contributed by atoms with Crippen LogP contribution in [0.15, 0.2) is 72.8 Å². The van der Waals surface area contributed by atoms with Gasteiger partial charge < -0.3 is 19.5 Å². The number of amides is 1. The Morgan fingerprint density at radius 2 is 1.71 bits per heavy atom. The van der Waals surface area contributed by atoms with Crippen LogP contribution < -0.4 is 23.8 Å². The number of sulfonamides is 1. The molecule has 0 aliphatic carbocycles. The molecule has 0 radical (unpaired) electrons. The molecule has 1 aliphatic heterocycles. The van der Waals surface area contributed by atoms with Gasteiger partial charge in [-0.3, -0.25) is 9.10 Å². The van der Waals surface area contributed by atoms with Crippen LogP contribution in [-0.4, -0.2) is 46.4 Å². The van der Waals surface area contributed by atoms with Crippen LogP contribution in [0.5, 0.6) is 17.2 Å². The van der Waals surface area contributed by atoms with E-state index in [9.17, 15) is 13.2 Å². The summed E-state index contributed by atoms with van der Waals surface area (Å²) in [5, 5.41) is 2.86. The van der Waals surface area contributed by atoms with Crippen molar-refractivity contribution in [2.75, 3.05) is 30.3 Å². The predicted octanol–water partition coefficient (Wildman–Crippen LogP) is 3.62. The minimum absolute atomic E-state index is 0.140. The number of hydrogen-bond acceptors (Lipinski definition) is 6. The first-order valence-electron chi connectivity index (χ1n) is 11.3. The zero-order valence-corrected chi connectivity index (χ0v) is 20.5. The molecule has 0 fully saturated rings. The maximum absolute atomic E-state index is 12.6. The van der Waals surface area contributed by atoms with Crippen LogP contribution in [0.4, 0.5) is 5.69 Å². The van der Waals surface area contributed by atoms with Crippen molar-refractivity contribution in [2.45, 2.75) is 19.6 Å². The van der Waals surface area contributed by atoms with Crippen molar-refractivity contribution in [1.29, 1.82) is 0 Å². The highest BCUT2D eigenvalue weighted by atomic mass is 32.2. The zero-order valence-electron chi connectivity index (χ0n) is 19.6. The largest absolute Gasteiger partial charge is 0.494 e. The van der Waals surface area contributed by atoms with Crippen molar-refractivity contribution >= 4 is 21.6 Å². The van der Waals surface area contributed by atoms with Crippen molar-refractivity contribution in [3.63, 3.8) is 0 Å². The lowest BCUT2D eigenvalue weighted by molar-refractivity contribution is 0.0789. The highest BCUT2D eigenvalue weighted by Gasteiger charge is 2.22. The number of benzene rings is 3. The van der Waals surface area contributed by atoms with E-state index in [-0.39, 0.29) is 18.6 Å². The standard InChI is InChI=1S/C26H28N2O6S/c1-3-32-22-14-12-21(13-15-22)28(35(2,30)31)17-19-8-10-20(11-9-19)26(29)27-16-23-18-33-24-6-4-5-7-25(24)34-23/h4-15,23H,3,16-18H2,1-2H3,(H,27,29)/t23-/m1/s1. The van der Waals surface area contributed by atoms with Gasteiger partial charge in [-0.25, -0.2) is 8.42 Å². The van der Waals surface area contributed by atoms with Crippen LogP contribution in [0.25, 0.3) is 0 Å². The van der Waals surface area contributed by atoms with E-state index in [1.54, 1.807) is 48.5 Å². The Bertz CT molecular complexity index is 1260. The monoisotopic (exact) mass is 496 g/mol. The number of anilines is 1.